The highest BCUT2D eigenvalue weighted by Crippen LogP contribution is 2.38. The van der Waals surface area contributed by atoms with Crippen molar-refractivity contribution in [1.82, 2.24) is 0 Å². The number of rotatable bonds is 4. The molecule has 0 aromatic heterocycles. The summed E-state index contributed by atoms with van der Waals surface area (Å²) in [5, 5.41) is 9.46. The van der Waals surface area contributed by atoms with Crippen LogP contribution in [0.15, 0.2) is 0 Å². The van der Waals surface area contributed by atoms with Gasteiger partial charge in [0.1, 0.15) is 0 Å². The Morgan fingerprint density at radius 3 is 2.77 bits per heavy atom. The van der Waals surface area contributed by atoms with Crippen LogP contribution < -0.4 is 0 Å². The Kier molecular flexibility index (Phi) is 4.20. The van der Waals surface area contributed by atoms with Gasteiger partial charge in [0.15, 0.2) is 0 Å². The lowest BCUT2D eigenvalue weighted by Gasteiger charge is -2.40. The van der Waals surface area contributed by atoms with Crippen LogP contribution in [0.5, 0.6) is 0 Å². The summed E-state index contributed by atoms with van der Waals surface area (Å²) in [6.45, 7) is 6.36. The SMILES string of the molecule is CCCC(C)C1(CO)CCCOC1. The van der Waals surface area contributed by atoms with Crippen molar-refractivity contribution >= 4 is 0 Å². The Morgan fingerprint density at radius 1 is 1.54 bits per heavy atom. The molecule has 1 aliphatic heterocycles. The number of hydrogen-bond acceptors (Lipinski definition) is 2. The maximum absolute atomic E-state index is 9.46. The van der Waals surface area contributed by atoms with Gasteiger partial charge in [-0.15, -0.1) is 0 Å². The first kappa shape index (κ1) is 11.0. The second-order valence-corrected chi connectivity index (χ2v) is 4.37. The van der Waals surface area contributed by atoms with Crippen LogP contribution in [-0.2, 0) is 4.74 Å². The lowest BCUT2D eigenvalue weighted by atomic mass is 9.71. The third kappa shape index (κ3) is 2.44. The fourth-order valence-corrected chi connectivity index (χ4v) is 2.28. The fraction of sp³-hybridized carbons (Fsp3) is 1.00. The summed E-state index contributed by atoms with van der Waals surface area (Å²) >= 11 is 0. The summed E-state index contributed by atoms with van der Waals surface area (Å²) in [5.74, 6) is 0.586. The van der Waals surface area contributed by atoms with E-state index in [0.717, 1.165) is 26.1 Å². The van der Waals surface area contributed by atoms with Crippen molar-refractivity contribution in [2.24, 2.45) is 11.3 Å². The average Bonchev–Trinajstić information content (AvgIpc) is 2.19. The molecule has 0 aromatic carbocycles. The van der Waals surface area contributed by atoms with Crippen LogP contribution in [0.3, 0.4) is 0 Å². The zero-order valence-electron chi connectivity index (χ0n) is 8.88. The zero-order valence-corrected chi connectivity index (χ0v) is 8.88. The standard InChI is InChI=1S/C11H22O2/c1-3-5-10(2)11(8-12)6-4-7-13-9-11/h10,12H,3-9H2,1-2H3. The monoisotopic (exact) mass is 186 g/mol. The molecule has 2 unspecified atom stereocenters. The minimum absolute atomic E-state index is 0.0637. The van der Waals surface area contributed by atoms with Crippen LogP contribution in [-0.4, -0.2) is 24.9 Å². The van der Waals surface area contributed by atoms with Gasteiger partial charge in [-0.25, -0.2) is 0 Å². The molecule has 0 aliphatic carbocycles. The van der Waals surface area contributed by atoms with Gasteiger partial charge >= 0.3 is 0 Å². The van der Waals surface area contributed by atoms with Crippen LogP contribution >= 0.6 is 0 Å². The van der Waals surface area contributed by atoms with Gasteiger partial charge in [-0.2, -0.15) is 0 Å². The lowest BCUT2D eigenvalue weighted by Crippen LogP contribution is -2.40. The topological polar surface area (TPSA) is 29.5 Å². The van der Waals surface area contributed by atoms with E-state index in [0.29, 0.717) is 5.92 Å². The van der Waals surface area contributed by atoms with Crippen molar-refractivity contribution in [2.75, 3.05) is 19.8 Å². The van der Waals surface area contributed by atoms with Crippen LogP contribution in [0.4, 0.5) is 0 Å². The zero-order chi connectivity index (χ0) is 9.73. The Bertz CT molecular complexity index is 139. The van der Waals surface area contributed by atoms with Crippen LogP contribution in [0.2, 0.25) is 0 Å². The summed E-state index contributed by atoms with van der Waals surface area (Å²) in [7, 11) is 0. The summed E-state index contributed by atoms with van der Waals surface area (Å²) in [4.78, 5) is 0. The van der Waals surface area contributed by atoms with Crippen LogP contribution in [0.25, 0.3) is 0 Å². The Morgan fingerprint density at radius 2 is 2.31 bits per heavy atom. The molecule has 2 nitrogen and oxygen atoms in total. The van der Waals surface area contributed by atoms with E-state index < -0.39 is 0 Å². The van der Waals surface area contributed by atoms with E-state index in [4.69, 9.17) is 4.74 Å². The summed E-state index contributed by atoms with van der Waals surface area (Å²) in [5.41, 5.74) is 0.0637. The Labute approximate surface area is 81.3 Å². The minimum atomic E-state index is 0.0637. The normalized spacial score (nSPS) is 31.6. The van der Waals surface area contributed by atoms with Crippen LogP contribution in [0, 0.1) is 11.3 Å². The number of hydrogen-bond donors (Lipinski definition) is 1. The van der Waals surface area contributed by atoms with Gasteiger partial charge in [-0.05, 0) is 18.8 Å². The van der Waals surface area contributed by atoms with E-state index in [-0.39, 0.29) is 12.0 Å². The van der Waals surface area contributed by atoms with Gasteiger partial charge in [-0.3, -0.25) is 0 Å². The molecule has 1 rings (SSSR count). The molecular weight excluding hydrogens is 164 g/mol. The minimum Gasteiger partial charge on any atom is -0.396 e. The second kappa shape index (κ2) is 4.97. The van der Waals surface area contributed by atoms with Crippen molar-refractivity contribution in [3.8, 4) is 0 Å². The molecule has 0 saturated carbocycles. The molecule has 1 fully saturated rings. The average molecular weight is 186 g/mol. The second-order valence-electron chi connectivity index (χ2n) is 4.37. The van der Waals surface area contributed by atoms with Gasteiger partial charge in [0.25, 0.3) is 0 Å². The third-order valence-electron chi connectivity index (χ3n) is 3.43. The molecule has 1 aliphatic rings. The van der Waals surface area contributed by atoms with E-state index in [1.165, 1.54) is 12.8 Å². The third-order valence-corrected chi connectivity index (χ3v) is 3.43. The number of aliphatic hydroxyl groups is 1. The smallest absolute Gasteiger partial charge is 0.0546 e. The Balaban J connectivity index is 2.55. The molecule has 78 valence electrons. The van der Waals surface area contributed by atoms with Gasteiger partial charge in [0.05, 0.1) is 13.2 Å². The van der Waals surface area contributed by atoms with Gasteiger partial charge in [0, 0.05) is 12.0 Å². The first-order chi connectivity index (χ1) is 6.25. The van der Waals surface area contributed by atoms with E-state index >= 15 is 0 Å². The predicted octanol–water partition coefficient (Wildman–Crippen LogP) is 2.21. The molecular formula is C11H22O2. The fourth-order valence-electron chi connectivity index (χ4n) is 2.28. The van der Waals surface area contributed by atoms with Crippen molar-refractivity contribution in [1.29, 1.82) is 0 Å². The van der Waals surface area contributed by atoms with Gasteiger partial charge < -0.3 is 9.84 Å². The number of ether oxygens (including phenoxy) is 1. The molecule has 1 heterocycles. The molecule has 0 bridgehead atoms. The van der Waals surface area contributed by atoms with Crippen molar-refractivity contribution in [3.05, 3.63) is 0 Å². The summed E-state index contributed by atoms with van der Waals surface area (Å²) < 4.78 is 5.48. The Hall–Kier alpha value is -0.0800. The molecule has 0 spiro atoms. The molecule has 2 heteroatoms. The van der Waals surface area contributed by atoms with Gasteiger partial charge in [0.2, 0.25) is 0 Å². The van der Waals surface area contributed by atoms with E-state index in [9.17, 15) is 5.11 Å². The first-order valence-corrected chi connectivity index (χ1v) is 5.44. The lowest BCUT2D eigenvalue weighted by molar-refractivity contribution is -0.0701. The molecule has 0 radical (unpaired) electrons. The highest BCUT2D eigenvalue weighted by Gasteiger charge is 2.36. The molecule has 0 amide bonds. The summed E-state index contributed by atoms with van der Waals surface area (Å²) in [6, 6.07) is 0. The molecule has 13 heavy (non-hydrogen) atoms. The molecule has 1 saturated heterocycles. The molecule has 1 N–H and O–H groups in total. The largest absolute Gasteiger partial charge is 0.396 e. The van der Waals surface area contributed by atoms with Crippen molar-refractivity contribution in [2.45, 2.75) is 39.5 Å². The first-order valence-electron chi connectivity index (χ1n) is 5.44. The van der Waals surface area contributed by atoms with E-state index in [1.54, 1.807) is 0 Å². The number of aliphatic hydroxyl groups excluding tert-OH is 1. The van der Waals surface area contributed by atoms with E-state index in [2.05, 4.69) is 13.8 Å². The van der Waals surface area contributed by atoms with Crippen LogP contribution in [0.1, 0.15) is 39.5 Å². The van der Waals surface area contributed by atoms with E-state index in [1.807, 2.05) is 0 Å². The van der Waals surface area contributed by atoms with Gasteiger partial charge in [-0.1, -0.05) is 26.7 Å². The molecule has 2 atom stereocenters. The predicted molar refractivity (Wildman–Crippen MR) is 53.6 cm³/mol. The maximum atomic E-state index is 9.46. The quantitative estimate of drug-likeness (QED) is 0.729. The summed E-state index contributed by atoms with van der Waals surface area (Å²) in [6.07, 6.45) is 4.63. The highest BCUT2D eigenvalue weighted by molar-refractivity contribution is 4.85. The molecule has 0 aromatic rings. The van der Waals surface area contributed by atoms with Crippen molar-refractivity contribution in [3.63, 3.8) is 0 Å². The highest BCUT2D eigenvalue weighted by atomic mass is 16.5. The maximum Gasteiger partial charge on any atom is 0.0546 e. The van der Waals surface area contributed by atoms with Crippen molar-refractivity contribution < 1.29 is 9.84 Å².